The minimum Gasteiger partial charge on any atom is -0.497 e. The van der Waals surface area contributed by atoms with Gasteiger partial charge in [0.25, 0.3) is 0 Å². The molecule has 0 aliphatic carbocycles. The Bertz CT molecular complexity index is 1090. The molecule has 1 aromatic heterocycles. The van der Waals surface area contributed by atoms with E-state index in [9.17, 15) is 9.59 Å². The van der Waals surface area contributed by atoms with Crippen LogP contribution in [-0.2, 0) is 16.0 Å². The fraction of sp³-hybridized carbons (Fsp3) is 0.240. The summed E-state index contributed by atoms with van der Waals surface area (Å²) in [6.07, 6.45) is 2.23. The van der Waals surface area contributed by atoms with Gasteiger partial charge in [-0.15, -0.1) is 11.3 Å². The molecule has 0 aliphatic rings. The zero-order valence-electron chi connectivity index (χ0n) is 18.5. The van der Waals surface area contributed by atoms with Crippen LogP contribution in [0.25, 0.3) is 10.6 Å². The summed E-state index contributed by atoms with van der Waals surface area (Å²) in [6.45, 7) is 7.38. The van der Waals surface area contributed by atoms with Crippen LogP contribution in [0.15, 0.2) is 61.2 Å². The van der Waals surface area contributed by atoms with Gasteiger partial charge in [-0.2, -0.15) is 0 Å². The fourth-order valence-corrected chi connectivity index (χ4v) is 4.33. The Morgan fingerprint density at radius 1 is 1.16 bits per heavy atom. The molecule has 3 aromatic rings. The summed E-state index contributed by atoms with van der Waals surface area (Å²) < 4.78 is 5.21. The summed E-state index contributed by atoms with van der Waals surface area (Å²) in [4.78, 5) is 29.6. The Kier molecular flexibility index (Phi) is 7.78. The van der Waals surface area contributed by atoms with E-state index >= 15 is 0 Å². The van der Waals surface area contributed by atoms with E-state index in [1.165, 1.54) is 6.08 Å². The molecule has 0 saturated carbocycles. The Morgan fingerprint density at radius 3 is 2.47 bits per heavy atom. The number of nitrogens with zero attached hydrogens (tertiary/aromatic N) is 1. The predicted octanol–water partition coefficient (Wildman–Crippen LogP) is 5.06. The minimum absolute atomic E-state index is 0.0136. The molecule has 1 atom stereocenters. The monoisotopic (exact) mass is 449 g/mol. The van der Waals surface area contributed by atoms with E-state index in [-0.39, 0.29) is 17.9 Å². The standard InChI is InChI=1S/C25H27N3O3S/c1-5-22(29)28-20-11-6-18(7-12-20)8-15-23(30)26-16(2)24-17(3)27-25(32-24)19-9-13-21(31-4)14-10-19/h5-7,9-14,16H,1,8,15H2,2-4H3,(H,26,30)(H,28,29). The highest BCUT2D eigenvalue weighted by atomic mass is 32.1. The van der Waals surface area contributed by atoms with Crippen LogP contribution in [0.4, 0.5) is 5.69 Å². The number of hydrogen-bond acceptors (Lipinski definition) is 5. The molecule has 6 nitrogen and oxygen atoms in total. The number of benzene rings is 2. The van der Waals surface area contributed by atoms with Gasteiger partial charge in [0.15, 0.2) is 0 Å². The van der Waals surface area contributed by atoms with Gasteiger partial charge in [0.2, 0.25) is 11.8 Å². The molecule has 2 aromatic carbocycles. The SMILES string of the molecule is C=CC(=O)Nc1ccc(CCC(=O)NC(C)c2sc(-c3ccc(OC)cc3)nc2C)cc1. The Balaban J connectivity index is 1.55. The largest absolute Gasteiger partial charge is 0.497 e. The van der Waals surface area contributed by atoms with Crippen molar-refractivity contribution in [2.24, 2.45) is 0 Å². The number of anilines is 1. The van der Waals surface area contributed by atoms with E-state index in [4.69, 9.17) is 4.74 Å². The van der Waals surface area contributed by atoms with Crippen LogP contribution in [-0.4, -0.2) is 23.9 Å². The van der Waals surface area contributed by atoms with Crippen LogP contribution in [0.2, 0.25) is 0 Å². The first kappa shape index (κ1) is 23.2. The second-order valence-electron chi connectivity index (χ2n) is 7.38. The summed E-state index contributed by atoms with van der Waals surface area (Å²) >= 11 is 1.59. The molecule has 1 heterocycles. The number of ether oxygens (including phenoxy) is 1. The summed E-state index contributed by atoms with van der Waals surface area (Å²) in [6, 6.07) is 15.1. The lowest BCUT2D eigenvalue weighted by Gasteiger charge is -2.13. The highest BCUT2D eigenvalue weighted by Crippen LogP contribution is 2.32. The van der Waals surface area contributed by atoms with Gasteiger partial charge in [-0.3, -0.25) is 9.59 Å². The van der Waals surface area contributed by atoms with Crippen LogP contribution >= 0.6 is 11.3 Å². The van der Waals surface area contributed by atoms with E-state index in [1.807, 2.05) is 62.4 Å². The second-order valence-corrected chi connectivity index (χ2v) is 8.41. The lowest BCUT2D eigenvalue weighted by Crippen LogP contribution is -2.26. The van der Waals surface area contributed by atoms with E-state index in [0.717, 1.165) is 32.5 Å². The van der Waals surface area contributed by atoms with Gasteiger partial charge < -0.3 is 15.4 Å². The third kappa shape index (κ3) is 6.04. The quantitative estimate of drug-likeness (QED) is 0.448. The highest BCUT2D eigenvalue weighted by molar-refractivity contribution is 7.15. The summed E-state index contributed by atoms with van der Waals surface area (Å²) in [5.74, 6) is 0.541. The van der Waals surface area contributed by atoms with Crippen LogP contribution in [0, 0.1) is 6.92 Å². The fourth-order valence-electron chi connectivity index (χ4n) is 3.25. The van der Waals surface area contributed by atoms with Crippen LogP contribution in [0.1, 0.15) is 35.5 Å². The smallest absolute Gasteiger partial charge is 0.247 e. The third-order valence-electron chi connectivity index (χ3n) is 4.99. The molecular weight excluding hydrogens is 422 g/mol. The lowest BCUT2D eigenvalue weighted by atomic mass is 10.1. The summed E-state index contributed by atoms with van der Waals surface area (Å²) in [5, 5.41) is 6.71. The number of aromatic nitrogens is 1. The lowest BCUT2D eigenvalue weighted by molar-refractivity contribution is -0.121. The van der Waals surface area contributed by atoms with E-state index in [0.29, 0.717) is 18.5 Å². The normalized spacial score (nSPS) is 11.5. The molecule has 0 aliphatic heterocycles. The van der Waals surface area contributed by atoms with Gasteiger partial charge >= 0.3 is 0 Å². The van der Waals surface area contributed by atoms with E-state index in [1.54, 1.807) is 18.4 Å². The number of rotatable bonds is 9. The summed E-state index contributed by atoms with van der Waals surface area (Å²) in [5.41, 5.74) is 3.67. The molecule has 0 saturated heterocycles. The molecule has 3 rings (SSSR count). The number of thiazole rings is 1. The van der Waals surface area contributed by atoms with Crippen molar-refractivity contribution < 1.29 is 14.3 Å². The van der Waals surface area contributed by atoms with Crippen molar-refractivity contribution in [3.05, 3.63) is 77.3 Å². The molecule has 0 bridgehead atoms. The number of carbonyl (C=O) groups excluding carboxylic acids is 2. The third-order valence-corrected chi connectivity index (χ3v) is 6.38. The number of aryl methyl sites for hydroxylation is 2. The number of nitrogens with one attached hydrogen (secondary N) is 2. The Labute approximate surface area is 192 Å². The van der Waals surface area contributed by atoms with Gasteiger partial charge in [0.1, 0.15) is 10.8 Å². The average Bonchev–Trinajstić information content (AvgIpc) is 3.20. The van der Waals surface area contributed by atoms with Crippen LogP contribution < -0.4 is 15.4 Å². The van der Waals surface area contributed by atoms with Gasteiger partial charge in [-0.05, 0) is 68.3 Å². The van der Waals surface area contributed by atoms with Gasteiger partial charge in [-0.25, -0.2) is 4.98 Å². The van der Waals surface area contributed by atoms with Crippen molar-refractivity contribution in [2.75, 3.05) is 12.4 Å². The molecule has 0 radical (unpaired) electrons. The summed E-state index contributed by atoms with van der Waals surface area (Å²) in [7, 11) is 1.64. The van der Waals surface area contributed by atoms with E-state index in [2.05, 4.69) is 22.2 Å². The molecule has 7 heteroatoms. The van der Waals surface area contributed by atoms with Gasteiger partial charge in [0.05, 0.1) is 23.7 Å². The number of amides is 2. The molecule has 2 amide bonds. The predicted molar refractivity (Wildman–Crippen MR) is 129 cm³/mol. The Hall–Kier alpha value is -3.45. The van der Waals surface area contributed by atoms with Gasteiger partial charge in [0, 0.05) is 17.7 Å². The molecule has 2 N–H and O–H groups in total. The molecule has 166 valence electrons. The van der Waals surface area contributed by atoms with Crippen molar-refractivity contribution >= 4 is 28.8 Å². The molecule has 32 heavy (non-hydrogen) atoms. The van der Waals surface area contributed by atoms with Gasteiger partial charge in [-0.1, -0.05) is 18.7 Å². The molecule has 0 fully saturated rings. The number of methoxy groups -OCH3 is 1. The molecule has 1 unspecified atom stereocenters. The van der Waals surface area contributed by atoms with Crippen molar-refractivity contribution in [3.63, 3.8) is 0 Å². The second kappa shape index (κ2) is 10.7. The van der Waals surface area contributed by atoms with E-state index < -0.39 is 0 Å². The van der Waals surface area contributed by atoms with Crippen molar-refractivity contribution in [1.82, 2.24) is 10.3 Å². The molecule has 0 spiro atoms. The van der Waals surface area contributed by atoms with Crippen LogP contribution in [0.5, 0.6) is 5.75 Å². The first-order valence-corrected chi connectivity index (χ1v) is 11.1. The first-order valence-electron chi connectivity index (χ1n) is 10.3. The average molecular weight is 450 g/mol. The van der Waals surface area contributed by atoms with Crippen molar-refractivity contribution in [3.8, 4) is 16.3 Å². The van der Waals surface area contributed by atoms with Crippen LogP contribution in [0.3, 0.4) is 0 Å². The molecular formula is C25H27N3O3S. The van der Waals surface area contributed by atoms with Crippen molar-refractivity contribution in [1.29, 1.82) is 0 Å². The minimum atomic E-state index is -0.250. The first-order chi connectivity index (χ1) is 15.4. The maximum absolute atomic E-state index is 12.5. The number of hydrogen-bond donors (Lipinski definition) is 2. The van der Waals surface area contributed by atoms with Crippen molar-refractivity contribution in [2.45, 2.75) is 32.7 Å². The maximum atomic E-state index is 12.5. The maximum Gasteiger partial charge on any atom is 0.247 e. The topological polar surface area (TPSA) is 80.3 Å². The zero-order valence-corrected chi connectivity index (χ0v) is 19.3. The zero-order chi connectivity index (χ0) is 23.1. The Morgan fingerprint density at radius 2 is 1.84 bits per heavy atom. The number of carbonyl (C=O) groups is 2. The highest BCUT2D eigenvalue weighted by Gasteiger charge is 2.17.